The first-order valence-corrected chi connectivity index (χ1v) is 7.23. The highest BCUT2D eigenvalue weighted by molar-refractivity contribution is 9.10. The van der Waals surface area contributed by atoms with Crippen molar-refractivity contribution in [3.05, 3.63) is 28.7 Å². The van der Waals surface area contributed by atoms with E-state index in [0.29, 0.717) is 0 Å². The summed E-state index contributed by atoms with van der Waals surface area (Å²) >= 11 is 3.43. The first kappa shape index (κ1) is 11.5. The Morgan fingerprint density at radius 1 is 1.24 bits per heavy atom. The van der Waals surface area contributed by atoms with Crippen molar-refractivity contribution in [2.24, 2.45) is 5.92 Å². The largest absolute Gasteiger partial charge is 0.492 e. The smallest absolute Gasteiger partial charge is 0.119 e. The molecule has 2 unspecified atom stereocenters. The standard InChI is InChI=1S/C14H18BrNO/c15-12-2-5-14(6-3-12)17-8-7-16-10-11-1-4-13(16)9-11/h2-3,5-6,11,13H,1,4,7-10H2. The molecule has 3 rings (SSSR count). The van der Waals surface area contributed by atoms with E-state index in [1.54, 1.807) is 0 Å². The van der Waals surface area contributed by atoms with Gasteiger partial charge in [-0.15, -0.1) is 0 Å². The first-order chi connectivity index (χ1) is 8.31. The average molecular weight is 296 g/mol. The molecule has 1 aromatic carbocycles. The summed E-state index contributed by atoms with van der Waals surface area (Å²) in [5.74, 6) is 1.95. The zero-order valence-corrected chi connectivity index (χ0v) is 11.5. The molecule has 2 fully saturated rings. The Kier molecular flexibility index (Phi) is 3.39. The lowest BCUT2D eigenvalue weighted by Crippen LogP contribution is -2.35. The molecule has 2 atom stereocenters. The van der Waals surface area contributed by atoms with Gasteiger partial charge in [0.05, 0.1) is 0 Å². The zero-order valence-electron chi connectivity index (χ0n) is 9.94. The number of halogens is 1. The third-order valence-corrected chi connectivity index (χ3v) is 4.51. The van der Waals surface area contributed by atoms with Crippen LogP contribution in [0.2, 0.25) is 0 Å². The maximum Gasteiger partial charge on any atom is 0.119 e. The number of hydrogen-bond donors (Lipinski definition) is 0. The topological polar surface area (TPSA) is 12.5 Å². The third-order valence-electron chi connectivity index (χ3n) is 3.98. The summed E-state index contributed by atoms with van der Waals surface area (Å²) in [4.78, 5) is 2.60. The summed E-state index contributed by atoms with van der Waals surface area (Å²) in [6.45, 7) is 3.19. The molecule has 1 saturated heterocycles. The van der Waals surface area contributed by atoms with Crippen molar-refractivity contribution in [2.75, 3.05) is 19.7 Å². The summed E-state index contributed by atoms with van der Waals surface area (Å²) in [5.41, 5.74) is 0. The van der Waals surface area contributed by atoms with Gasteiger partial charge in [0.15, 0.2) is 0 Å². The second-order valence-corrected chi connectivity index (χ2v) is 6.05. The minimum absolute atomic E-state index is 0.810. The summed E-state index contributed by atoms with van der Waals surface area (Å²) in [6, 6.07) is 8.93. The normalized spacial score (nSPS) is 27.6. The van der Waals surface area contributed by atoms with Gasteiger partial charge < -0.3 is 4.74 Å². The summed E-state index contributed by atoms with van der Waals surface area (Å²) in [6.07, 6.45) is 4.29. The Balaban J connectivity index is 1.45. The van der Waals surface area contributed by atoms with Crippen LogP contribution in [0, 0.1) is 5.92 Å². The first-order valence-electron chi connectivity index (χ1n) is 6.44. The molecule has 1 heterocycles. The average Bonchev–Trinajstić information content (AvgIpc) is 2.94. The number of fused-ring (bicyclic) bond motifs is 2. The third kappa shape index (κ3) is 2.66. The molecule has 92 valence electrons. The fraction of sp³-hybridized carbons (Fsp3) is 0.571. The van der Waals surface area contributed by atoms with Crippen LogP contribution in [0.5, 0.6) is 5.75 Å². The van der Waals surface area contributed by atoms with Crippen LogP contribution in [0.3, 0.4) is 0 Å². The van der Waals surface area contributed by atoms with Crippen LogP contribution in [-0.4, -0.2) is 30.6 Å². The highest BCUT2D eigenvalue weighted by atomic mass is 79.9. The highest BCUT2D eigenvalue weighted by Gasteiger charge is 2.37. The van der Waals surface area contributed by atoms with Crippen molar-refractivity contribution in [1.82, 2.24) is 4.90 Å². The fourth-order valence-electron chi connectivity index (χ4n) is 3.11. The Bertz CT molecular complexity index is 378. The molecular weight excluding hydrogens is 278 g/mol. The maximum atomic E-state index is 5.77. The highest BCUT2D eigenvalue weighted by Crippen LogP contribution is 2.36. The van der Waals surface area contributed by atoms with Gasteiger partial charge in [-0.2, -0.15) is 0 Å². The molecule has 3 heteroatoms. The maximum absolute atomic E-state index is 5.77. The molecule has 1 saturated carbocycles. The number of nitrogens with zero attached hydrogens (tertiary/aromatic N) is 1. The van der Waals surface area contributed by atoms with Gasteiger partial charge in [0, 0.05) is 23.6 Å². The van der Waals surface area contributed by atoms with Gasteiger partial charge in [0.1, 0.15) is 12.4 Å². The van der Waals surface area contributed by atoms with Crippen molar-refractivity contribution in [1.29, 1.82) is 0 Å². The minimum Gasteiger partial charge on any atom is -0.492 e. The van der Waals surface area contributed by atoms with Crippen molar-refractivity contribution in [2.45, 2.75) is 25.3 Å². The van der Waals surface area contributed by atoms with Crippen LogP contribution in [0.25, 0.3) is 0 Å². The van der Waals surface area contributed by atoms with Crippen LogP contribution >= 0.6 is 15.9 Å². The minimum atomic E-state index is 0.810. The lowest BCUT2D eigenvalue weighted by Gasteiger charge is -2.26. The molecule has 1 aromatic rings. The summed E-state index contributed by atoms with van der Waals surface area (Å²) in [5, 5.41) is 0. The van der Waals surface area contributed by atoms with Crippen LogP contribution < -0.4 is 4.74 Å². The Labute approximate surface area is 111 Å². The lowest BCUT2D eigenvalue weighted by atomic mass is 10.1. The Morgan fingerprint density at radius 2 is 2.06 bits per heavy atom. The number of hydrogen-bond acceptors (Lipinski definition) is 2. The van der Waals surface area contributed by atoms with E-state index in [2.05, 4.69) is 20.8 Å². The molecule has 2 nitrogen and oxygen atoms in total. The number of piperidine rings is 1. The lowest BCUT2D eigenvalue weighted by molar-refractivity contribution is 0.172. The number of rotatable bonds is 4. The number of benzene rings is 1. The number of ether oxygens (including phenoxy) is 1. The van der Waals surface area contributed by atoms with Gasteiger partial charge in [-0.3, -0.25) is 4.90 Å². The van der Waals surface area contributed by atoms with E-state index in [1.807, 2.05) is 24.3 Å². The van der Waals surface area contributed by atoms with E-state index in [9.17, 15) is 0 Å². The molecule has 0 radical (unpaired) electrons. The predicted molar refractivity (Wildman–Crippen MR) is 72.3 cm³/mol. The number of likely N-dealkylation sites (tertiary alicyclic amines) is 1. The van der Waals surface area contributed by atoms with Gasteiger partial charge in [-0.05, 0) is 49.4 Å². The summed E-state index contributed by atoms with van der Waals surface area (Å²) in [7, 11) is 0. The second kappa shape index (κ2) is 4.99. The van der Waals surface area contributed by atoms with E-state index in [-0.39, 0.29) is 0 Å². The van der Waals surface area contributed by atoms with E-state index < -0.39 is 0 Å². The molecule has 0 spiro atoms. The summed E-state index contributed by atoms with van der Waals surface area (Å²) < 4.78 is 6.87. The van der Waals surface area contributed by atoms with Gasteiger partial charge in [0.2, 0.25) is 0 Å². The monoisotopic (exact) mass is 295 g/mol. The molecule has 2 bridgehead atoms. The van der Waals surface area contributed by atoms with Crippen LogP contribution in [-0.2, 0) is 0 Å². The van der Waals surface area contributed by atoms with Crippen LogP contribution in [0.1, 0.15) is 19.3 Å². The Hall–Kier alpha value is -0.540. The molecule has 1 aliphatic carbocycles. The molecule has 1 aliphatic heterocycles. The molecule has 0 aromatic heterocycles. The fourth-order valence-corrected chi connectivity index (χ4v) is 3.38. The molecule has 0 amide bonds. The molecule has 2 aliphatic rings. The zero-order chi connectivity index (χ0) is 11.7. The van der Waals surface area contributed by atoms with E-state index >= 15 is 0 Å². The van der Waals surface area contributed by atoms with E-state index in [0.717, 1.165) is 35.3 Å². The quantitative estimate of drug-likeness (QED) is 0.845. The Morgan fingerprint density at radius 3 is 2.71 bits per heavy atom. The van der Waals surface area contributed by atoms with Crippen molar-refractivity contribution in [3.63, 3.8) is 0 Å². The predicted octanol–water partition coefficient (Wildman–Crippen LogP) is 3.31. The second-order valence-electron chi connectivity index (χ2n) is 5.13. The van der Waals surface area contributed by atoms with Crippen LogP contribution in [0.15, 0.2) is 28.7 Å². The van der Waals surface area contributed by atoms with Crippen molar-refractivity contribution < 1.29 is 4.74 Å². The van der Waals surface area contributed by atoms with Crippen molar-refractivity contribution >= 4 is 15.9 Å². The van der Waals surface area contributed by atoms with Gasteiger partial charge in [0.25, 0.3) is 0 Å². The SMILES string of the molecule is Brc1ccc(OCCN2CC3CCC2C3)cc1. The molecular formula is C14H18BrNO. The van der Waals surface area contributed by atoms with Gasteiger partial charge >= 0.3 is 0 Å². The van der Waals surface area contributed by atoms with E-state index in [1.165, 1.54) is 25.8 Å². The van der Waals surface area contributed by atoms with Crippen molar-refractivity contribution in [3.8, 4) is 5.75 Å². The van der Waals surface area contributed by atoms with Gasteiger partial charge in [-0.25, -0.2) is 0 Å². The molecule has 0 N–H and O–H groups in total. The van der Waals surface area contributed by atoms with Gasteiger partial charge in [-0.1, -0.05) is 15.9 Å². The molecule has 17 heavy (non-hydrogen) atoms. The van der Waals surface area contributed by atoms with E-state index in [4.69, 9.17) is 4.74 Å². The van der Waals surface area contributed by atoms with Crippen LogP contribution in [0.4, 0.5) is 0 Å².